The molecule has 0 unspecified atom stereocenters. The summed E-state index contributed by atoms with van der Waals surface area (Å²) in [6.07, 6.45) is 0.495. The van der Waals surface area contributed by atoms with E-state index >= 15 is 0 Å². The van der Waals surface area contributed by atoms with Gasteiger partial charge in [-0.1, -0.05) is 6.92 Å². The van der Waals surface area contributed by atoms with E-state index in [-0.39, 0.29) is 12.7 Å². The predicted octanol–water partition coefficient (Wildman–Crippen LogP) is -0.661. The first kappa shape index (κ1) is 8.88. The molecule has 0 heterocycles. The first-order valence-electron chi connectivity index (χ1n) is 3.31. The molecule has 0 saturated heterocycles. The molecule has 0 bridgehead atoms. The van der Waals surface area contributed by atoms with Gasteiger partial charge in [-0.3, -0.25) is 0 Å². The molecule has 0 aliphatic rings. The Labute approximate surface area is 55.7 Å². The van der Waals surface area contributed by atoms with Gasteiger partial charge < -0.3 is 15.5 Å². The van der Waals surface area contributed by atoms with Gasteiger partial charge in [0.1, 0.15) is 0 Å². The Morgan fingerprint density at radius 3 is 2.67 bits per heavy atom. The van der Waals surface area contributed by atoms with Gasteiger partial charge in [-0.15, -0.1) is 0 Å². The first-order valence-corrected chi connectivity index (χ1v) is 3.31. The summed E-state index contributed by atoms with van der Waals surface area (Å²) in [6, 6.07) is 0. The average Bonchev–Trinajstić information content (AvgIpc) is 1.89. The summed E-state index contributed by atoms with van der Waals surface area (Å²) in [5.41, 5.74) is 0. The van der Waals surface area contributed by atoms with Crippen molar-refractivity contribution in [2.45, 2.75) is 19.4 Å². The highest BCUT2D eigenvalue weighted by atomic mass is 16.3. The van der Waals surface area contributed by atoms with E-state index in [4.69, 9.17) is 10.2 Å². The second kappa shape index (κ2) is 6.01. The van der Waals surface area contributed by atoms with Crippen LogP contribution >= 0.6 is 0 Å². The van der Waals surface area contributed by atoms with E-state index in [2.05, 4.69) is 5.32 Å². The highest BCUT2D eigenvalue weighted by Gasteiger charge is 1.96. The van der Waals surface area contributed by atoms with E-state index in [9.17, 15) is 0 Å². The minimum atomic E-state index is -0.267. The van der Waals surface area contributed by atoms with Gasteiger partial charge in [0.15, 0.2) is 0 Å². The fourth-order valence-corrected chi connectivity index (χ4v) is 0.492. The number of hydrogen-bond donors (Lipinski definition) is 3. The van der Waals surface area contributed by atoms with Crippen molar-refractivity contribution in [3.8, 4) is 0 Å². The smallest absolute Gasteiger partial charge is 0.0662 e. The molecule has 0 fully saturated rings. The summed E-state index contributed by atoms with van der Waals surface area (Å²) in [6.45, 7) is 3.20. The van der Waals surface area contributed by atoms with Gasteiger partial charge in [-0.25, -0.2) is 0 Å². The maximum absolute atomic E-state index is 8.94. The SMILES string of the molecule is CC[C@H](O)CNCCO. The van der Waals surface area contributed by atoms with Crippen LogP contribution in [0.5, 0.6) is 0 Å². The van der Waals surface area contributed by atoms with Crippen molar-refractivity contribution in [3.63, 3.8) is 0 Å². The van der Waals surface area contributed by atoms with Crippen LogP contribution in [0.3, 0.4) is 0 Å². The molecule has 0 rings (SSSR count). The first-order chi connectivity index (χ1) is 4.31. The largest absolute Gasteiger partial charge is 0.395 e. The van der Waals surface area contributed by atoms with Crippen molar-refractivity contribution in [2.75, 3.05) is 19.7 Å². The molecule has 0 saturated carbocycles. The van der Waals surface area contributed by atoms with Crippen molar-refractivity contribution >= 4 is 0 Å². The lowest BCUT2D eigenvalue weighted by Gasteiger charge is -2.06. The molecular weight excluding hydrogens is 118 g/mol. The summed E-state index contributed by atoms with van der Waals surface area (Å²) in [5.74, 6) is 0. The molecule has 0 spiro atoms. The van der Waals surface area contributed by atoms with Crippen molar-refractivity contribution in [2.24, 2.45) is 0 Å². The van der Waals surface area contributed by atoms with Crippen LogP contribution in [0.2, 0.25) is 0 Å². The molecule has 1 atom stereocenters. The zero-order valence-electron chi connectivity index (χ0n) is 5.80. The molecule has 9 heavy (non-hydrogen) atoms. The van der Waals surface area contributed by atoms with Gasteiger partial charge in [0.25, 0.3) is 0 Å². The Balaban J connectivity index is 2.88. The molecular formula is C6H15NO2. The Morgan fingerprint density at radius 1 is 1.56 bits per heavy atom. The maximum atomic E-state index is 8.94. The summed E-state index contributed by atoms with van der Waals surface area (Å²) in [4.78, 5) is 0. The zero-order valence-corrected chi connectivity index (χ0v) is 5.80. The lowest BCUT2D eigenvalue weighted by atomic mass is 10.3. The van der Waals surface area contributed by atoms with Gasteiger partial charge in [0, 0.05) is 13.1 Å². The molecule has 0 aromatic carbocycles. The molecule has 0 amide bonds. The fourth-order valence-electron chi connectivity index (χ4n) is 0.492. The van der Waals surface area contributed by atoms with Crippen LogP contribution in [0, 0.1) is 0 Å². The van der Waals surface area contributed by atoms with Crippen LogP contribution in [-0.2, 0) is 0 Å². The minimum Gasteiger partial charge on any atom is -0.395 e. The van der Waals surface area contributed by atoms with Crippen molar-refractivity contribution in [1.82, 2.24) is 5.32 Å². The third-order valence-electron chi connectivity index (χ3n) is 1.14. The lowest BCUT2D eigenvalue weighted by molar-refractivity contribution is 0.164. The molecule has 0 aliphatic heterocycles. The maximum Gasteiger partial charge on any atom is 0.0662 e. The van der Waals surface area contributed by atoms with Crippen LogP contribution in [0.15, 0.2) is 0 Å². The third-order valence-corrected chi connectivity index (χ3v) is 1.14. The number of aliphatic hydroxyl groups excluding tert-OH is 2. The van der Waals surface area contributed by atoms with E-state index in [1.807, 2.05) is 6.92 Å². The van der Waals surface area contributed by atoms with Crippen LogP contribution < -0.4 is 5.32 Å². The summed E-state index contributed by atoms with van der Waals surface area (Å²) in [7, 11) is 0. The Bertz CT molecular complexity index is 59.0. The van der Waals surface area contributed by atoms with Crippen LogP contribution in [0.4, 0.5) is 0 Å². The topological polar surface area (TPSA) is 52.5 Å². The number of hydrogen-bond acceptors (Lipinski definition) is 3. The summed E-state index contributed by atoms with van der Waals surface area (Å²) >= 11 is 0. The Hall–Kier alpha value is -0.120. The standard InChI is InChI=1S/C6H15NO2/c1-2-6(9)5-7-3-4-8/h6-9H,2-5H2,1H3/t6-/m0/s1. The monoisotopic (exact) mass is 133 g/mol. The summed E-state index contributed by atoms with van der Waals surface area (Å²) in [5, 5.41) is 20.1. The third kappa shape index (κ3) is 5.76. The van der Waals surface area contributed by atoms with Crippen molar-refractivity contribution < 1.29 is 10.2 Å². The molecule has 0 aromatic heterocycles. The van der Waals surface area contributed by atoms with E-state index in [1.165, 1.54) is 0 Å². The molecule has 0 aromatic rings. The van der Waals surface area contributed by atoms with Crippen LogP contribution in [0.1, 0.15) is 13.3 Å². The summed E-state index contributed by atoms with van der Waals surface area (Å²) < 4.78 is 0. The van der Waals surface area contributed by atoms with Gasteiger partial charge in [0.2, 0.25) is 0 Å². The van der Waals surface area contributed by atoms with Crippen molar-refractivity contribution in [3.05, 3.63) is 0 Å². The highest BCUT2D eigenvalue weighted by Crippen LogP contribution is 1.84. The Morgan fingerprint density at radius 2 is 2.22 bits per heavy atom. The molecule has 0 radical (unpaired) electrons. The van der Waals surface area contributed by atoms with Gasteiger partial charge in [-0.2, -0.15) is 0 Å². The quantitative estimate of drug-likeness (QED) is 0.436. The molecule has 56 valence electrons. The van der Waals surface area contributed by atoms with Crippen LogP contribution in [0.25, 0.3) is 0 Å². The number of rotatable bonds is 5. The van der Waals surface area contributed by atoms with Gasteiger partial charge in [0.05, 0.1) is 12.7 Å². The second-order valence-corrected chi connectivity index (χ2v) is 1.99. The molecule has 3 heteroatoms. The van der Waals surface area contributed by atoms with Crippen molar-refractivity contribution in [1.29, 1.82) is 0 Å². The average molecular weight is 133 g/mol. The lowest BCUT2D eigenvalue weighted by Crippen LogP contribution is -2.28. The zero-order chi connectivity index (χ0) is 7.11. The van der Waals surface area contributed by atoms with Gasteiger partial charge in [-0.05, 0) is 6.42 Å². The van der Waals surface area contributed by atoms with Gasteiger partial charge >= 0.3 is 0 Å². The normalized spacial score (nSPS) is 13.7. The number of nitrogens with one attached hydrogen (secondary N) is 1. The molecule has 0 aliphatic carbocycles. The molecule has 3 N–H and O–H groups in total. The van der Waals surface area contributed by atoms with E-state index < -0.39 is 0 Å². The predicted molar refractivity (Wildman–Crippen MR) is 36.3 cm³/mol. The van der Waals surface area contributed by atoms with Crippen LogP contribution in [-0.4, -0.2) is 36.0 Å². The van der Waals surface area contributed by atoms with E-state index in [0.29, 0.717) is 13.1 Å². The Kier molecular flexibility index (Phi) is 5.93. The number of aliphatic hydroxyl groups is 2. The fraction of sp³-hybridized carbons (Fsp3) is 1.00. The second-order valence-electron chi connectivity index (χ2n) is 1.99. The highest BCUT2D eigenvalue weighted by molar-refractivity contribution is 4.55. The molecule has 3 nitrogen and oxygen atoms in total. The van der Waals surface area contributed by atoms with E-state index in [1.54, 1.807) is 0 Å². The minimum absolute atomic E-state index is 0.135. The van der Waals surface area contributed by atoms with E-state index in [0.717, 1.165) is 6.42 Å².